The summed E-state index contributed by atoms with van der Waals surface area (Å²) in [4.78, 5) is 0.206. The van der Waals surface area contributed by atoms with E-state index in [9.17, 15) is 16.8 Å². The summed E-state index contributed by atoms with van der Waals surface area (Å²) in [6, 6.07) is 21.6. The molecule has 3 aromatic carbocycles. The zero-order valence-corrected chi connectivity index (χ0v) is 16.0. The molecule has 0 unspecified atom stereocenters. The summed E-state index contributed by atoms with van der Waals surface area (Å²) in [6.07, 6.45) is 0. The maximum Gasteiger partial charge on any atom is 0.339 e. The van der Waals surface area contributed by atoms with Gasteiger partial charge < -0.3 is 4.18 Å². The van der Waals surface area contributed by atoms with Gasteiger partial charge in [-0.3, -0.25) is 4.31 Å². The second-order valence-corrected chi connectivity index (χ2v) is 9.15. The number of nitrogens with zero attached hydrogens (tertiary/aromatic N) is 1. The van der Waals surface area contributed by atoms with Crippen molar-refractivity contribution in [2.45, 2.75) is 9.79 Å². The van der Waals surface area contributed by atoms with Crippen LogP contribution in [0.15, 0.2) is 94.7 Å². The Morgan fingerprint density at radius 2 is 1.15 bits per heavy atom. The third-order valence-corrected chi connectivity index (χ3v) is 6.90. The van der Waals surface area contributed by atoms with Gasteiger partial charge in [-0.2, -0.15) is 8.42 Å². The van der Waals surface area contributed by atoms with Crippen LogP contribution < -0.4 is 8.49 Å². The highest BCUT2D eigenvalue weighted by Gasteiger charge is 2.21. The van der Waals surface area contributed by atoms with Crippen LogP contribution >= 0.6 is 0 Å². The SMILES string of the molecule is CN(c1ccc(OS(=O)(=O)c2ccccc2)cc1)S(=O)(=O)c1ccccc1. The molecule has 0 bridgehead atoms. The van der Waals surface area contributed by atoms with E-state index in [-0.39, 0.29) is 15.5 Å². The van der Waals surface area contributed by atoms with Crippen LogP contribution in [0.5, 0.6) is 5.75 Å². The molecule has 0 aromatic heterocycles. The summed E-state index contributed by atoms with van der Waals surface area (Å²) in [5.41, 5.74) is 0.378. The highest BCUT2D eigenvalue weighted by molar-refractivity contribution is 7.92. The summed E-state index contributed by atoms with van der Waals surface area (Å²) >= 11 is 0. The van der Waals surface area contributed by atoms with Crippen molar-refractivity contribution >= 4 is 25.8 Å². The Bertz CT molecular complexity index is 1110. The van der Waals surface area contributed by atoms with Crippen LogP contribution in [-0.2, 0) is 20.1 Å². The molecule has 3 rings (SSSR count). The van der Waals surface area contributed by atoms with Gasteiger partial charge in [0.2, 0.25) is 0 Å². The molecule has 0 fully saturated rings. The lowest BCUT2D eigenvalue weighted by Crippen LogP contribution is -2.26. The van der Waals surface area contributed by atoms with Crippen LogP contribution in [0.1, 0.15) is 0 Å². The first kappa shape index (κ1) is 18.9. The summed E-state index contributed by atoms with van der Waals surface area (Å²) in [5, 5.41) is 0. The second kappa shape index (κ2) is 7.42. The zero-order chi connectivity index (χ0) is 19.5. The predicted molar refractivity (Wildman–Crippen MR) is 103 cm³/mol. The molecule has 140 valence electrons. The molecule has 6 nitrogen and oxygen atoms in total. The quantitative estimate of drug-likeness (QED) is 0.590. The second-order valence-electron chi connectivity index (χ2n) is 5.63. The molecule has 0 radical (unpaired) electrons. The average molecular weight is 403 g/mol. The predicted octanol–water partition coefficient (Wildman–Crippen LogP) is 3.28. The third kappa shape index (κ3) is 4.12. The van der Waals surface area contributed by atoms with Crippen molar-refractivity contribution in [2.75, 3.05) is 11.4 Å². The van der Waals surface area contributed by atoms with Gasteiger partial charge in [0.25, 0.3) is 10.0 Å². The van der Waals surface area contributed by atoms with E-state index in [0.717, 1.165) is 4.31 Å². The molecule has 0 aliphatic carbocycles. The lowest BCUT2D eigenvalue weighted by atomic mass is 10.3. The van der Waals surface area contributed by atoms with E-state index in [1.807, 2.05) is 0 Å². The van der Waals surface area contributed by atoms with Crippen molar-refractivity contribution in [3.05, 3.63) is 84.9 Å². The molecule has 0 heterocycles. The number of sulfonamides is 1. The third-order valence-electron chi connectivity index (χ3n) is 3.84. The molecule has 0 N–H and O–H groups in total. The van der Waals surface area contributed by atoms with Gasteiger partial charge in [-0.25, -0.2) is 8.42 Å². The molecule has 27 heavy (non-hydrogen) atoms. The van der Waals surface area contributed by atoms with Crippen molar-refractivity contribution in [2.24, 2.45) is 0 Å². The first-order valence-electron chi connectivity index (χ1n) is 7.94. The molecule has 0 aliphatic heterocycles. The van der Waals surface area contributed by atoms with E-state index in [1.54, 1.807) is 36.4 Å². The lowest BCUT2D eigenvalue weighted by Gasteiger charge is -2.19. The van der Waals surface area contributed by atoms with E-state index < -0.39 is 20.1 Å². The molecule has 0 aliphatic rings. The fourth-order valence-electron chi connectivity index (χ4n) is 2.36. The van der Waals surface area contributed by atoms with Gasteiger partial charge in [-0.1, -0.05) is 36.4 Å². The summed E-state index contributed by atoms with van der Waals surface area (Å²) < 4.78 is 56.0. The fourth-order valence-corrected chi connectivity index (χ4v) is 4.53. The normalized spacial score (nSPS) is 11.7. The van der Waals surface area contributed by atoms with Gasteiger partial charge in [0.15, 0.2) is 0 Å². The first-order valence-corrected chi connectivity index (χ1v) is 10.8. The first-order chi connectivity index (χ1) is 12.8. The average Bonchev–Trinajstić information content (AvgIpc) is 2.69. The van der Waals surface area contributed by atoms with Crippen LogP contribution in [0.3, 0.4) is 0 Å². The summed E-state index contributed by atoms with van der Waals surface area (Å²) in [5.74, 6) is 0.0908. The van der Waals surface area contributed by atoms with Crippen molar-refractivity contribution in [3.63, 3.8) is 0 Å². The largest absolute Gasteiger partial charge is 0.379 e. The standard InChI is InChI=1S/C19H17NO5S2/c1-20(26(21,22)18-8-4-2-5-9-18)16-12-14-17(15-13-16)25-27(23,24)19-10-6-3-7-11-19/h2-15H,1H3. The number of hydrogen-bond donors (Lipinski definition) is 0. The number of hydrogen-bond acceptors (Lipinski definition) is 5. The van der Waals surface area contributed by atoms with Gasteiger partial charge in [-0.15, -0.1) is 0 Å². The minimum atomic E-state index is -3.95. The van der Waals surface area contributed by atoms with E-state index in [0.29, 0.717) is 5.69 Å². The fraction of sp³-hybridized carbons (Fsp3) is 0.0526. The van der Waals surface area contributed by atoms with E-state index in [2.05, 4.69) is 0 Å². The van der Waals surface area contributed by atoms with Crippen molar-refractivity contribution in [1.29, 1.82) is 0 Å². The maximum atomic E-state index is 12.6. The van der Waals surface area contributed by atoms with Gasteiger partial charge in [-0.05, 0) is 48.5 Å². The lowest BCUT2D eigenvalue weighted by molar-refractivity contribution is 0.486. The Kier molecular flexibility index (Phi) is 5.20. The molecule has 0 saturated carbocycles. The number of rotatable bonds is 6. The Morgan fingerprint density at radius 1 is 0.667 bits per heavy atom. The van der Waals surface area contributed by atoms with Crippen molar-refractivity contribution in [1.82, 2.24) is 0 Å². The molecule has 8 heteroatoms. The van der Waals surface area contributed by atoms with Gasteiger partial charge in [0.1, 0.15) is 10.6 Å². The van der Waals surface area contributed by atoms with Gasteiger partial charge in [0, 0.05) is 7.05 Å². The van der Waals surface area contributed by atoms with Crippen LogP contribution in [0.4, 0.5) is 5.69 Å². The van der Waals surface area contributed by atoms with Crippen molar-refractivity contribution in [3.8, 4) is 5.75 Å². The smallest absolute Gasteiger partial charge is 0.339 e. The van der Waals surface area contributed by atoms with E-state index in [1.165, 1.54) is 55.6 Å². The minimum Gasteiger partial charge on any atom is -0.379 e. The number of benzene rings is 3. The molecule has 3 aromatic rings. The molecule has 0 spiro atoms. The molecule has 0 amide bonds. The van der Waals surface area contributed by atoms with E-state index in [4.69, 9.17) is 4.18 Å². The van der Waals surface area contributed by atoms with E-state index >= 15 is 0 Å². The van der Waals surface area contributed by atoms with Gasteiger partial charge >= 0.3 is 10.1 Å². The Morgan fingerprint density at radius 3 is 1.67 bits per heavy atom. The van der Waals surface area contributed by atoms with Crippen LogP contribution in [-0.4, -0.2) is 23.9 Å². The maximum absolute atomic E-state index is 12.6. The Labute approximate surface area is 158 Å². The Hall–Kier alpha value is -2.84. The van der Waals surface area contributed by atoms with Crippen LogP contribution in [0.25, 0.3) is 0 Å². The number of anilines is 1. The topological polar surface area (TPSA) is 80.8 Å². The minimum absolute atomic E-state index is 0.0397. The van der Waals surface area contributed by atoms with Gasteiger partial charge in [0.05, 0.1) is 10.6 Å². The monoisotopic (exact) mass is 403 g/mol. The summed E-state index contributed by atoms with van der Waals surface area (Å²) in [6.45, 7) is 0. The molecular weight excluding hydrogens is 386 g/mol. The molecule has 0 atom stereocenters. The summed E-state index contributed by atoms with van der Waals surface area (Å²) in [7, 11) is -6.23. The highest BCUT2D eigenvalue weighted by atomic mass is 32.2. The van der Waals surface area contributed by atoms with Crippen LogP contribution in [0, 0.1) is 0 Å². The van der Waals surface area contributed by atoms with Crippen molar-refractivity contribution < 1.29 is 21.0 Å². The highest BCUT2D eigenvalue weighted by Crippen LogP contribution is 2.25. The Balaban J connectivity index is 1.81. The van der Waals surface area contributed by atoms with Crippen LogP contribution in [0.2, 0.25) is 0 Å². The molecular formula is C19H17NO5S2. The zero-order valence-electron chi connectivity index (χ0n) is 14.4. The molecule has 0 saturated heterocycles.